The molecule has 0 aliphatic rings. The second-order valence-electron chi connectivity index (χ2n) is 4.55. The number of rotatable bonds is 4. The van der Waals surface area contributed by atoms with Gasteiger partial charge in [-0.05, 0) is 18.6 Å². The van der Waals surface area contributed by atoms with E-state index in [1.807, 2.05) is 12.3 Å². The maximum absolute atomic E-state index is 5.74. The Morgan fingerprint density at radius 3 is 2.56 bits per heavy atom. The number of hydrogen-bond acceptors (Lipinski definition) is 3. The average molecular weight is 241 g/mol. The Morgan fingerprint density at radius 2 is 1.89 bits per heavy atom. The number of hydrogen-bond donors (Lipinski definition) is 1. The van der Waals surface area contributed by atoms with Crippen LogP contribution in [0.1, 0.15) is 16.7 Å². The molecule has 94 valence electrons. The maximum Gasteiger partial charge on any atom is 0.0443 e. The number of nitrogens with zero attached hydrogens (tertiary/aromatic N) is 2. The van der Waals surface area contributed by atoms with E-state index < -0.39 is 0 Å². The van der Waals surface area contributed by atoms with Crippen molar-refractivity contribution in [2.75, 3.05) is 11.9 Å². The minimum atomic E-state index is 0.515. The van der Waals surface area contributed by atoms with E-state index in [1.54, 1.807) is 6.20 Å². The third-order valence-corrected chi connectivity index (χ3v) is 3.05. The Kier molecular flexibility index (Phi) is 3.95. The molecule has 0 bridgehead atoms. The summed E-state index contributed by atoms with van der Waals surface area (Å²) < 4.78 is 0. The van der Waals surface area contributed by atoms with Crippen molar-refractivity contribution >= 4 is 5.69 Å². The van der Waals surface area contributed by atoms with Crippen LogP contribution >= 0.6 is 0 Å². The van der Waals surface area contributed by atoms with Crippen molar-refractivity contribution in [3.05, 3.63) is 59.4 Å². The van der Waals surface area contributed by atoms with Gasteiger partial charge in [0.1, 0.15) is 0 Å². The molecule has 0 aliphatic heterocycles. The highest BCUT2D eigenvalue weighted by molar-refractivity contribution is 5.51. The first-order valence-corrected chi connectivity index (χ1v) is 6.10. The zero-order valence-electron chi connectivity index (χ0n) is 10.9. The molecule has 2 aromatic rings. The third kappa shape index (κ3) is 2.87. The first kappa shape index (κ1) is 12.6. The van der Waals surface area contributed by atoms with Gasteiger partial charge < -0.3 is 10.6 Å². The van der Waals surface area contributed by atoms with Crippen LogP contribution in [0.25, 0.3) is 0 Å². The van der Waals surface area contributed by atoms with Gasteiger partial charge in [0, 0.05) is 43.8 Å². The normalized spacial score (nSPS) is 10.4. The Labute approximate surface area is 108 Å². The fourth-order valence-corrected chi connectivity index (χ4v) is 2.00. The standard InChI is InChI=1S/C15H19N3/c1-12-3-5-13(6-4-12)11-18(2)15-7-8-17-10-14(15)9-16/h3-8,10H,9,11,16H2,1-2H3. The summed E-state index contributed by atoms with van der Waals surface area (Å²) in [5.74, 6) is 0. The van der Waals surface area contributed by atoms with E-state index in [0.717, 1.165) is 17.8 Å². The zero-order valence-corrected chi connectivity index (χ0v) is 10.9. The molecule has 18 heavy (non-hydrogen) atoms. The van der Waals surface area contributed by atoms with Crippen LogP contribution in [0, 0.1) is 6.92 Å². The molecule has 1 aromatic heterocycles. The van der Waals surface area contributed by atoms with Crippen LogP contribution in [0.4, 0.5) is 5.69 Å². The predicted octanol–water partition coefficient (Wildman–Crippen LogP) is 2.49. The smallest absolute Gasteiger partial charge is 0.0443 e. The topological polar surface area (TPSA) is 42.2 Å². The van der Waals surface area contributed by atoms with Crippen LogP contribution in [-0.4, -0.2) is 12.0 Å². The van der Waals surface area contributed by atoms with Crippen molar-refractivity contribution in [1.82, 2.24) is 4.98 Å². The summed E-state index contributed by atoms with van der Waals surface area (Å²) in [5.41, 5.74) is 10.5. The lowest BCUT2D eigenvalue weighted by Gasteiger charge is -2.22. The summed E-state index contributed by atoms with van der Waals surface area (Å²) >= 11 is 0. The van der Waals surface area contributed by atoms with Gasteiger partial charge in [0.15, 0.2) is 0 Å². The molecule has 3 heteroatoms. The molecule has 1 aromatic carbocycles. The molecule has 3 nitrogen and oxygen atoms in total. The summed E-state index contributed by atoms with van der Waals surface area (Å²) in [6, 6.07) is 10.6. The van der Waals surface area contributed by atoms with Gasteiger partial charge in [0.25, 0.3) is 0 Å². The van der Waals surface area contributed by atoms with Gasteiger partial charge in [-0.25, -0.2) is 0 Å². The first-order valence-electron chi connectivity index (χ1n) is 6.10. The Bertz CT molecular complexity index is 505. The highest BCUT2D eigenvalue weighted by atomic mass is 15.1. The number of nitrogens with two attached hydrogens (primary N) is 1. The lowest BCUT2D eigenvalue weighted by molar-refractivity contribution is 0.898. The van der Waals surface area contributed by atoms with E-state index in [2.05, 4.69) is 48.1 Å². The summed E-state index contributed by atoms with van der Waals surface area (Å²) in [4.78, 5) is 6.31. The third-order valence-electron chi connectivity index (χ3n) is 3.05. The largest absolute Gasteiger partial charge is 0.370 e. The van der Waals surface area contributed by atoms with Gasteiger partial charge in [0.05, 0.1) is 0 Å². The molecule has 0 aliphatic carbocycles. The molecule has 0 atom stereocenters. The van der Waals surface area contributed by atoms with Crippen molar-refractivity contribution in [1.29, 1.82) is 0 Å². The van der Waals surface area contributed by atoms with Crippen molar-refractivity contribution in [2.24, 2.45) is 5.73 Å². The van der Waals surface area contributed by atoms with Gasteiger partial charge in [-0.3, -0.25) is 4.98 Å². The van der Waals surface area contributed by atoms with Gasteiger partial charge in [-0.1, -0.05) is 29.8 Å². The van der Waals surface area contributed by atoms with E-state index in [9.17, 15) is 0 Å². The number of benzene rings is 1. The van der Waals surface area contributed by atoms with Crippen LogP contribution in [0.3, 0.4) is 0 Å². The highest BCUT2D eigenvalue weighted by Gasteiger charge is 2.06. The molecule has 0 fully saturated rings. The van der Waals surface area contributed by atoms with Gasteiger partial charge in [-0.15, -0.1) is 0 Å². The average Bonchev–Trinajstić information content (AvgIpc) is 2.41. The van der Waals surface area contributed by atoms with Crippen LogP contribution in [0.2, 0.25) is 0 Å². The molecular weight excluding hydrogens is 222 g/mol. The van der Waals surface area contributed by atoms with Gasteiger partial charge >= 0.3 is 0 Å². The molecule has 0 amide bonds. The zero-order chi connectivity index (χ0) is 13.0. The Hall–Kier alpha value is -1.87. The predicted molar refractivity (Wildman–Crippen MR) is 75.4 cm³/mol. The molecule has 2 N–H and O–H groups in total. The number of aryl methyl sites for hydroxylation is 1. The summed E-state index contributed by atoms with van der Waals surface area (Å²) in [5, 5.41) is 0. The van der Waals surface area contributed by atoms with E-state index in [-0.39, 0.29) is 0 Å². The van der Waals surface area contributed by atoms with E-state index >= 15 is 0 Å². The second kappa shape index (κ2) is 5.65. The number of pyridine rings is 1. The van der Waals surface area contributed by atoms with Crippen LogP contribution in [-0.2, 0) is 13.1 Å². The number of aromatic nitrogens is 1. The van der Waals surface area contributed by atoms with E-state index in [4.69, 9.17) is 5.73 Å². The fraction of sp³-hybridized carbons (Fsp3) is 0.267. The molecule has 0 spiro atoms. The number of anilines is 1. The molecule has 0 saturated carbocycles. The van der Waals surface area contributed by atoms with Gasteiger partial charge in [-0.2, -0.15) is 0 Å². The van der Waals surface area contributed by atoms with Crippen molar-refractivity contribution < 1.29 is 0 Å². The van der Waals surface area contributed by atoms with Crippen LogP contribution in [0.15, 0.2) is 42.7 Å². The Morgan fingerprint density at radius 1 is 1.17 bits per heavy atom. The fourth-order valence-electron chi connectivity index (χ4n) is 2.00. The maximum atomic E-state index is 5.74. The molecule has 2 rings (SSSR count). The van der Waals surface area contributed by atoms with Crippen molar-refractivity contribution in [3.63, 3.8) is 0 Å². The van der Waals surface area contributed by atoms with Crippen LogP contribution < -0.4 is 10.6 Å². The lowest BCUT2D eigenvalue weighted by Crippen LogP contribution is -2.19. The SMILES string of the molecule is Cc1ccc(CN(C)c2ccncc2CN)cc1. The molecule has 0 radical (unpaired) electrons. The minimum Gasteiger partial charge on any atom is -0.370 e. The molecular formula is C15H19N3. The molecule has 0 saturated heterocycles. The summed E-state index contributed by atoms with van der Waals surface area (Å²) in [7, 11) is 2.08. The molecule has 0 unspecified atom stereocenters. The summed E-state index contributed by atoms with van der Waals surface area (Å²) in [6.45, 7) is 3.49. The first-order chi connectivity index (χ1) is 8.70. The Balaban J connectivity index is 2.16. The summed E-state index contributed by atoms with van der Waals surface area (Å²) in [6.07, 6.45) is 3.64. The van der Waals surface area contributed by atoms with Gasteiger partial charge in [0.2, 0.25) is 0 Å². The van der Waals surface area contributed by atoms with E-state index in [1.165, 1.54) is 11.1 Å². The van der Waals surface area contributed by atoms with Crippen LogP contribution in [0.5, 0.6) is 0 Å². The monoisotopic (exact) mass is 241 g/mol. The quantitative estimate of drug-likeness (QED) is 0.894. The van der Waals surface area contributed by atoms with Crippen molar-refractivity contribution in [3.8, 4) is 0 Å². The minimum absolute atomic E-state index is 0.515. The van der Waals surface area contributed by atoms with E-state index in [0.29, 0.717) is 6.54 Å². The van der Waals surface area contributed by atoms with Crippen molar-refractivity contribution in [2.45, 2.75) is 20.0 Å². The second-order valence-corrected chi connectivity index (χ2v) is 4.55. The molecule has 1 heterocycles. The highest BCUT2D eigenvalue weighted by Crippen LogP contribution is 2.19. The lowest BCUT2D eigenvalue weighted by atomic mass is 10.1.